The second-order valence-corrected chi connectivity index (χ2v) is 19.7. The van der Waals surface area contributed by atoms with Crippen molar-refractivity contribution in [3.8, 4) is 22.6 Å². The van der Waals surface area contributed by atoms with E-state index >= 15 is 0 Å². The molecule has 3 aliphatic heterocycles. The number of nitro groups is 2. The third-order valence-electron chi connectivity index (χ3n) is 15.3. The third kappa shape index (κ3) is 9.73. The van der Waals surface area contributed by atoms with Gasteiger partial charge in [-0.1, -0.05) is 46.8 Å². The fraction of sp³-hybridized carbons (Fsp3) is 0.436. The largest absolute Gasteiger partial charge is 0.502 e. The van der Waals surface area contributed by atoms with Crippen LogP contribution in [0.4, 0.5) is 17.2 Å². The Labute approximate surface area is 445 Å². The molecule has 9 rings (SSSR count). The molecule has 4 aromatic heterocycles. The molecular weight excluding hydrogens is 1010 g/mol. The number of H-pyrrole nitrogens is 4. The second-order valence-electron chi connectivity index (χ2n) is 19.7. The molecule has 3 aliphatic rings. The van der Waals surface area contributed by atoms with Crippen LogP contribution in [0, 0.1) is 34.1 Å². The van der Waals surface area contributed by atoms with Crippen molar-refractivity contribution < 1.29 is 69.6 Å². The SMILES string of the molecule is CCc1c2[nH]c(c1C)C=c1[nH]c(c(-c3ccc(O)c([N+](=O)[O-])c3)c1C)=Nc1[nH]c(c(CC)c1CC)C=c1[nH]c(c(CC)c1CC)=C2c1ccc(O[C@@H]2O[C@H](CO)[C@H](O[C@@H]3O[C@H](CO)[C@H](O)[C@H](O)[C@H]3O)[C@H](O)[C@H]2O)c([N+](=O)[O-])c1. The predicted molar refractivity (Wildman–Crippen MR) is 282 cm³/mol. The summed E-state index contributed by atoms with van der Waals surface area (Å²) in [4.78, 5) is 43.9. The molecule has 23 heteroatoms. The Bertz CT molecular complexity index is 3540. The lowest BCUT2D eigenvalue weighted by Gasteiger charge is -2.45. The highest BCUT2D eigenvalue weighted by atomic mass is 16.7. The van der Waals surface area contributed by atoms with E-state index in [4.69, 9.17) is 23.9 Å². The fourth-order valence-corrected chi connectivity index (χ4v) is 11.3. The molecule has 0 radical (unpaired) electrons. The Kier molecular flexibility index (Phi) is 16.0. The number of fused-ring (bicyclic) bond motifs is 8. The normalized spacial score (nSPS) is 24.1. The zero-order chi connectivity index (χ0) is 56.2. The van der Waals surface area contributed by atoms with E-state index in [1.54, 1.807) is 12.1 Å². The molecule has 2 aromatic carbocycles. The molecule has 0 unspecified atom stereocenters. The number of phenols is 1. The molecule has 0 aliphatic carbocycles. The standard InChI is InChI=1S/C55H65N7O16/c1-8-27-23(6)32-19-33-24(7)42(25-13-15-38(65)36(17-25)61(71)72)53(58-33)60-52-31(12-5)29(10-3)35(59-52)20-34-28(9-2)30(11-4)45(57-34)43(44(27)56-32)26-14-16-39(37(18-26)62(73)74)75-54-50(70)48(68)51(41(22-64)77-54)78-55-49(69)47(67)46(66)40(21-63)76-55/h13-20,40-41,46-51,54-57,63-70H,8-12,21-22H2,1-7H3,(H2,58,59,60)/t40-,41-,46+,47+,48-,49-,50-,51+,54-,55+/m1/s1. The maximum Gasteiger partial charge on any atom is 0.311 e. The summed E-state index contributed by atoms with van der Waals surface area (Å²) in [5.41, 5.74) is 10.1. The number of aromatic hydroxyl groups is 1. The lowest BCUT2D eigenvalue weighted by Crippen LogP contribution is -2.65. The Morgan fingerprint density at radius 3 is 1.88 bits per heavy atom. The molecule has 12 N–H and O–H groups in total. The van der Waals surface area contributed by atoms with Crippen molar-refractivity contribution in [2.75, 3.05) is 13.2 Å². The van der Waals surface area contributed by atoms with E-state index in [9.17, 15) is 61.1 Å². The number of nitrogens with zero attached hydrogens (tertiary/aromatic N) is 3. The molecule has 6 aromatic rings. The van der Waals surface area contributed by atoms with E-state index in [0.717, 1.165) is 44.4 Å². The summed E-state index contributed by atoms with van der Waals surface area (Å²) < 4.78 is 23.0. The van der Waals surface area contributed by atoms with Gasteiger partial charge in [-0.05, 0) is 120 Å². The molecule has 8 bridgehead atoms. The van der Waals surface area contributed by atoms with Gasteiger partial charge in [-0.15, -0.1) is 0 Å². The number of aliphatic hydroxyl groups is 7. The van der Waals surface area contributed by atoms with Crippen LogP contribution in [-0.4, -0.2) is 145 Å². The molecule has 416 valence electrons. The van der Waals surface area contributed by atoms with Gasteiger partial charge in [0.2, 0.25) is 6.29 Å². The Hall–Kier alpha value is -7.03. The van der Waals surface area contributed by atoms with Gasteiger partial charge >= 0.3 is 11.4 Å². The number of aliphatic hydroxyl groups excluding tert-OH is 7. The smallest absolute Gasteiger partial charge is 0.311 e. The van der Waals surface area contributed by atoms with Gasteiger partial charge in [0.25, 0.3) is 0 Å². The van der Waals surface area contributed by atoms with Crippen LogP contribution in [0.25, 0.3) is 28.9 Å². The number of benzene rings is 2. The van der Waals surface area contributed by atoms with Crippen molar-refractivity contribution in [2.24, 2.45) is 4.99 Å². The maximum absolute atomic E-state index is 13.2. The summed E-state index contributed by atoms with van der Waals surface area (Å²) in [6, 6.07) is 8.57. The van der Waals surface area contributed by atoms with Crippen LogP contribution in [0.1, 0.15) is 96.2 Å². The van der Waals surface area contributed by atoms with Crippen LogP contribution in [0.2, 0.25) is 0 Å². The highest BCUT2D eigenvalue weighted by molar-refractivity contribution is 5.83. The average Bonchev–Trinajstić information content (AvgIpc) is 4.21. The first-order valence-electron chi connectivity index (χ1n) is 26.0. The first-order chi connectivity index (χ1) is 37.3. The molecule has 0 amide bonds. The molecule has 0 saturated carbocycles. The molecule has 78 heavy (non-hydrogen) atoms. The number of hydrogen-bond donors (Lipinski definition) is 12. The van der Waals surface area contributed by atoms with E-state index in [1.807, 2.05) is 40.7 Å². The molecule has 2 fully saturated rings. The van der Waals surface area contributed by atoms with Gasteiger partial charge in [-0.2, -0.15) is 0 Å². The number of rotatable bonds is 15. The minimum Gasteiger partial charge on any atom is -0.502 e. The number of phenolic OH excluding ortho intramolecular Hbond substituents is 1. The van der Waals surface area contributed by atoms with E-state index in [-0.39, 0.29) is 5.75 Å². The molecule has 2 saturated heterocycles. The number of ether oxygens (including phenoxy) is 4. The van der Waals surface area contributed by atoms with Gasteiger partial charge in [-0.25, -0.2) is 4.99 Å². The monoisotopic (exact) mass is 1080 g/mol. The molecule has 0 spiro atoms. The number of nitro benzene ring substituents is 2. The number of hydrogen-bond acceptors (Lipinski definition) is 17. The summed E-state index contributed by atoms with van der Waals surface area (Å²) >= 11 is 0. The van der Waals surface area contributed by atoms with Crippen molar-refractivity contribution >= 4 is 34.9 Å². The van der Waals surface area contributed by atoms with Crippen LogP contribution in [0.3, 0.4) is 0 Å². The fourth-order valence-electron chi connectivity index (χ4n) is 11.3. The summed E-state index contributed by atoms with van der Waals surface area (Å²) in [6.45, 7) is 12.4. The predicted octanol–water partition coefficient (Wildman–Crippen LogP) is 1.79. The summed E-state index contributed by atoms with van der Waals surface area (Å²) in [7, 11) is 0. The number of aromatic amines is 4. The van der Waals surface area contributed by atoms with Crippen molar-refractivity contribution in [1.29, 1.82) is 0 Å². The summed E-state index contributed by atoms with van der Waals surface area (Å²) in [5.74, 6) is -0.245. The second kappa shape index (κ2) is 22.4. The van der Waals surface area contributed by atoms with E-state index in [2.05, 4.69) is 39.9 Å². The Morgan fingerprint density at radius 2 is 1.24 bits per heavy atom. The van der Waals surface area contributed by atoms with Gasteiger partial charge in [0.15, 0.2) is 17.8 Å². The van der Waals surface area contributed by atoms with Crippen molar-refractivity contribution in [2.45, 2.75) is 142 Å². The van der Waals surface area contributed by atoms with Crippen LogP contribution in [0.15, 0.2) is 41.4 Å². The zero-order valence-electron chi connectivity index (χ0n) is 44.0. The van der Waals surface area contributed by atoms with Crippen LogP contribution in [0.5, 0.6) is 11.5 Å². The van der Waals surface area contributed by atoms with Crippen molar-refractivity contribution in [1.82, 2.24) is 19.9 Å². The molecular formula is C55H65N7O16. The van der Waals surface area contributed by atoms with E-state index < -0.39 is 102 Å². The first-order valence-corrected chi connectivity index (χ1v) is 26.0. The topological polar surface area (TPSA) is 361 Å². The van der Waals surface area contributed by atoms with Gasteiger partial charge in [-0.3, -0.25) is 20.2 Å². The van der Waals surface area contributed by atoms with Gasteiger partial charge in [0, 0.05) is 45.4 Å². The van der Waals surface area contributed by atoms with Crippen LogP contribution >= 0.6 is 0 Å². The van der Waals surface area contributed by atoms with Gasteiger partial charge in [0.1, 0.15) is 60.1 Å². The third-order valence-corrected chi connectivity index (χ3v) is 15.3. The first kappa shape index (κ1) is 55.7. The average molecular weight is 1080 g/mol. The lowest BCUT2D eigenvalue weighted by atomic mass is 9.94. The molecule has 10 atom stereocenters. The van der Waals surface area contributed by atoms with Crippen molar-refractivity contribution in [3.63, 3.8) is 0 Å². The number of aromatic nitrogens is 4. The quantitative estimate of drug-likeness (QED) is 0.0514. The van der Waals surface area contributed by atoms with Crippen molar-refractivity contribution in [3.05, 3.63) is 140 Å². The minimum atomic E-state index is -1.98. The highest BCUT2D eigenvalue weighted by Crippen LogP contribution is 2.38. The van der Waals surface area contributed by atoms with Crippen LogP contribution in [-0.2, 0) is 46.3 Å². The highest BCUT2D eigenvalue weighted by Gasteiger charge is 2.51. The van der Waals surface area contributed by atoms with E-state index in [1.165, 1.54) is 24.3 Å². The number of nitrogens with one attached hydrogen (secondary N) is 4. The zero-order valence-corrected chi connectivity index (χ0v) is 44.0. The summed E-state index contributed by atoms with van der Waals surface area (Å²) in [5, 5.41) is 112. The van der Waals surface area contributed by atoms with E-state index in [0.29, 0.717) is 93.3 Å². The molecule has 23 nitrogen and oxygen atoms in total. The van der Waals surface area contributed by atoms with Gasteiger partial charge < -0.3 is 79.7 Å². The van der Waals surface area contributed by atoms with Gasteiger partial charge in [0.05, 0.1) is 34.1 Å². The molecule has 7 heterocycles. The minimum absolute atomic E-state index is 0.365. The Balaban J connectivity index is 1.23. The maximum atomic E-state index is 13.2. The van der Waals surface area contributed by atoms with Crippen LogP contribution < -0.4 is 26.3 Å². The Morgan fingerprint density at radius 1 is 0.628 bits per heavy atom. The lowest BCUT2D eigenvalue weighted by molar-refractivity contribution is -0.387. The summed E-state index contributed by atoms with van der Waals surface area (Å²) in [6.07, 6.45) is -10.5.